The maximum absolute atomic E-state index is 11.7. The van der Waals surface area contributed by atoms with Crippen LogP contribution in [0.25, 0.3) is 5.03 Å². The molecule has 0 aromatic heterocycles. The van der Waals surface area contributed by atoms with Gasteiger partial charge in [0.2, 0.25) is 0 Å². The Balaban J connectivity index is 1.62. The molecule has 1 N–H and O–H groups in total. The number of hydrogen-bond acceptors (Lipinski definition) is 3. The molecule has 0 spiro atoms. The molecule has 4 nitrogen and oxygen atoms in total. The van der Waals surface area contributed by atoms with Crippen molar-refractivity contribution < 1.29 is 9.63 Å². The lowest BCUT2D eigenvalue weighted by Gasteiger charge is -2.16. The van der Waals surface area contributed by atoms with Gasteiger partial charge in [-0.3, -0.25) is 10.2 Å². The van der Waals surface area contributed by atoms with Crippen LogP contribution in [-0.2, 0) is 11.3 Å². The molecule has 5 heteroatoms. The van der Waals surface area contributed by atoms with Crippen LogP contribution >= 0.6 is 11.6 Å². The van der Waals surface area contributed by atoms with E-state index in [-0.39, 0.29) is 0 Å². The number of carbonyl (C=O) groups excluding carboxylic acids is 1. The second-order valence-corrected chi connectivity index (χ2v) is 5.98. The highest BCUT2D eigenvalue weighted by molar-refractivity contribution is 6.50. The second kappa shape index (κ2) is 7.32. The van der Waals surface area contributed by atoms with Crippen molar-refractivity contribution in [3.8, 4) is 0 Å². The summed E-state index contributed by atoms with van der Waals surface area (Å²) in [5.74, 6) is 0. The van der Waals surface area contributed by atoms with Crippen molar-refractivity contribution in [3.05, 3.63) is 70.8 Å². The van der Waals surface area contributed by atoms with Crippen molar-refractivity contribution in [2.75, 3.05) is 5.32 Å². The summed E-state index contributed by atoms with van der Waals surface area (Å²) in [6.07, 6.45) is 2.53. The molecular formula is C19H17ClN2O2. The van der Waals surface area contributed by atoms with E-state index in [1.54, 1.807) is 12.1 Å². The Hall–Kier alpha value is -2.59. The number of nitrogens with one attached hydrogen (secondary N) is 1. The first-order valence-electron chi connectivity index (χ1n) is 7.68. The fourth-order valence-corrected chi connectivity index (χ4v) is 2.87. The van der Waals surface area contributed by atoms with Crippen molar-refractivity contribution in [3.63, 3.8) is 0 Å². The number of allylic oxidation sites excluding steroid dienone is 1. The maximum atomic E-state index is 11.7. The zero-order valence-corrected chi connectivity index (χ0v) is 14.0. The number of fused-ring (bicyclic) bond motifs is 1. The average molecular weight is 341 g/mol. The van der Waals surface area contributed by atoms with Gasteiger partial charge in [0.25, 0.3) is 0 Å². The summed E-state index contributed by atoms with van der Waals surface area (Å²) in [5, 5.41) is 7.02. The average Bonchev–Trinajstić information content (AvgIpc) is 2.59. The first kappa shape index (κ1) is 16.3. The molecule has 2 aromatic carbocycles. The molecule has 24 heavy (non-hydrogen) atoms. The Kier molecular flexibility index (Phi) is 4.96. The Morgan fingerprint density at radius 1 is 1.17 bits per heavy atom. The van der Waals surface area contributed by atoms with E-state index in [0.717, 1.165) is 29.5 Å². The number of hydrogen-bond donors (Lipinski definition) is 1. The topological polar surface area (TPSA) is 50.7 Å². The summed E-state index contributed by atoms with van der Waals surface area (Å²) < 4.78 is 0. The standard InChI is InChI=1S/C19H17ClN2O2/c1-13-6-10-16(11-7-13)22-19(23)24-21-12-15-9-8-14-4-2-3-5-17(14)18(15)20/h2-7,10-12H,8-9H2,1H3,(H,22,23). The molecule has 3 rings (SSSR count). The zero-order chi connectivity index (χ0) is 16.9. The van der Waals surface area contributed by atoms with Gasteiger partial charge in [-0.05, 0) is 48.6 Å². The second-order valence-electron chi connectivity index (χ2n) is 5.60. The van der Waals surface area contributed by atoms with Crippen molar-refractivity contribution in [1.82, 2.24) is 0 Å². The number of carbonyl (C=O) groups is 1. The van der Waals surface area contributed by atoms with Crippen molar-refractivity contribution in [2.24, 2.45) is 5.16 Å². The van der Waals surface area contributed by atoms with Gasteiger partial charge in [-0.1, -0.05) is 58.7 Å². The molecule has 0 atom stereocenters. The Bertz CT molecular complexity index is 810. The van der Waals surface area contributed by atoms with Crippen LogP contribution in [0.4, 0.5) is 10.5 Å². The first-order valence-corrected chi connectivity index (χ1v) is 8.06. The minimum Gasteiger partial charge on any atom is -0.298 e. The lowest BCUT2D eigenvalue weighted by Crippen LogP contribution is -2.11. The van der Waals surface area contributed by atoms with E-state index in [2.05, 4.69) is 16.5 Å². The summed E-state index contributed by atoms with van der Waals surface area (Å²) in [7, 11) is 0. The highest BCUT2D eigenvalue weighted by Crippen LogP contribution is 2.33. The third-order valence-corrected chi connectivity index (χ3v) is 4.29. The molecule has 0 aliphatic heterocycles. The van der Waals surface area contributed by atoms with Crippen LogP contribution in [0.5, 0.6) is 0 Å². The van der Waals surface area contributed by atoms with Gasteiger partial charge in [-0.25, -0.2) is 4.79 Å². The van der Waals surface area contributed by atoms with Gasteiger partial charge in [0.05, 0.1) is 11.2 Å². The molecule has 0 saturated carbocycles. The van der Waals surface area contributed by atoms with E-state index in [1.807, 2.05) is 37.3 Å². The van der Waals surface area contributed by atoms with Gasteiger partial charge < -0.3 is 0 Å². The molecule has 0 unspecified atom stereocenters. The summed E-state index contributed by atoms with van der Waals surface area (Å²) in [6, 6.07) is 15.4. The number of anilines is 1. The van der Waals surface area contributed by atoms with E-state index in [1.165, 1.54) is 11.8 Å². The minimum atomic E-state index is -0.636. The number of halogens is 1. The predicted octanol–water partition coefficient (Wildman–Crippen LogP) is 5.13. The van der Waals surface area contributed by atoms with Gasteiger partial charge >= 0.3 is 6.09 Å². The van der Waals surface area contributed by atoms with Gasteiger partial charge in [0.1, 0.15) is 0 Å². The predicted molar refractivity (Wildman–Crippen MR) is 97.3 cm³/mol. The number of benzene rings is 2. The molecule has 2 aromatic rings. The highest BCUT2D eigenvalue weighted by atomic mass is 35.5. The minimum absolute atomic E-state index is 0.636. The van der Waals surface area contributed by atoms with Crippen molar-refractivity contribution >= 4 is 34.6 Å². The van der Waals surface area contributed by atoms with Gasteiger partial charge in [0.15, 0.2) is 0 Å². The van der Waals surface area contributed by atoms with Crippen LogP contribution in [0.15, 0.2) is 59.3 Å². The normalized spacial score (nSPS) is 13.8. The monoisotopic (exact) mass is 340 g/mol. The third-order valence-electron chi connectivity index (χ3n) is 3.84. The Morgan fingerprint density at radius 2 is 1.92 bits per heavy atom. The fourth-order valence-electron chi connectivity index (χ4n) is 2.54. The first-order chi connectivity index (χ1) is 11.6. The third kappa shape index (κ3) is 3.84. The molecule has 0 saturated heterocycles. The van der Waals surface area contributed by atoms with Gasteiger partial charge in [-0.15, -0.1) is 0 Å². The lowest BCUT2D eigenvalue weighted by molar-refractivity contribution is 0.167. The van der Waals surface area contributed by atoms with Crippen LogP contribution in [0.3, 0.4) is 0 Å². The van der Waals surface area contributed by atoms with E-state index in [0.29, 0.717) is 10.7 Å². The van der Waals surface area contributed by atoms with Crippen LogP contribution < -0.4 is 5.32 Å². The van der Waals surface area contributed by atoms with E-state index in [4.69, 9.17) is 16.4 Å². The molecule has 0 radical (unpaired) electrons. The Morgan fingerprint density at radius 3 is 2.71 bits per heavy atom. The van der Waals surface area contributed by atoms with E-state index < -0.39 is 6.09 Å². The van der Waals surface area contributed by atoms with Crippen LogP contribution in [0.2, 0.25) is 0 Å². The van der Waals surface area contributed by atoms with Crippen molar-refractivity contribution in [2.45, 2.75) is 19.8 Å². The molecule has 0 fully saturated rings. The largest absolute Gasteiger partial charge is 0.437 e. The van der Waals surface area contributed by atoms with Crippen LogP contribution in [0, 0.1) is 6.92 Å². The molecule has 0 heterocycles. The molecular weight excluding hydrogens is 324 g/mol. The fraction of sp³-hybridized carbons (Fsp3) is 0.158. The van der Waals surface area contributed by atoms with Gasteiger partial charge in [-0.2, -0.15) is 0 Å². The number of oxime groups is 1. The Labute approximate surface area is 145 Å². The van der Waals surface area contributed by atoms with Crippen LogP contribution in [0.1, 0.15) is 23.1 Å². The summed E-state index contributed by atoms with van der Waals surface area (Å²) in [6.45, 7) is 1.98. The molecule has 1 amide bonds. The summed E-state index contributed by atoms with van der Waals surface area (Å²) in [4.78, 5) is 16.6. The molecule has 1 aliphatic carbocycles. The van der Waals surface area contributed by atoms with Gasteiger partial charge in [0, 0.05) is 5.69 Å². The summed E-state index contributed by atoms with van der Waals surface area (Å²) >= 11 is 6.41. The molecule has 1 aliphatic rings. The number of amides is 1. The molecule has 122 valence electrons. The highest BCUT2D eigenvalue weighted by Gasteiger charge is 2.16. The zero-order valence-electron chi connectivity index (χ0n) is 13.3. The van der Waals surface area contributed by atoms with E-state index >= 15 is 0 Å². The quantitative estimate of drug-likeness (QED) is 0.478. The lowest BCUT2D eigenvalue weighted by atomic mass is 9.92. The van der Waals surface area contributed by atoms with Crippen molar-refractivity contribution in [1.29, 1.82) is 0 Å². The SMILES string of the molecule is Cc1ccc(NC(=O)ON=CC2=C(Cl)c3ccccc3CC2)cc1. The number of rotatable bonds is 3. The maximum Gasteiger partial charge on any atom is 0.437 e. The molecule has 0 bridgehead atoms. The van der Waals surface area contributed by atoms with E-state index in [9.17, 15) is 4.79 Å². The number of aryl methyl sites for hydroxylation is 2. The van der Waals surface area contributed by atoms with Crippen LogP contribution in [-0.4, -0.2) is 12.3 Å². The smallest absolute Gasteiger partial charge is 0.298 e. The number of nitrogens with zero attached hydrogens (tertiary/aromatic N) is 1. The summed E-state index contributed by atoms with van der Waals surface area (Å²) in [5.41, 5.74) is 4.86.